The Hall–Kier alpha value is -1.89. The minimum Gasteiger partial charge on any atom is -0.395 e. The van der Waals surface area contributed by atoms with Crippen LogP contribution in [-0.2, 0) is 0 Å². The van der Waals surface area contributed by atoms with Gasteiger partial charge in [-0.25, -0.2) is 0 Å². The van der Waals surface area contributed by atoms with Crippen LogP contribution < -0.4 is 5.32 Å². The number of nitro groups is 1. The lowest BCUT2D eigenvalue weighted by atomic mass is 10.0. The molecule has 0 radical (unpaired) electrons. The second-order valence-corrected chi connectivity index (χ2v) is 5.03. The molecule has 0 bridgehead atoms. The van der Waals surface area contributed by atoms with Gasteiger partial charge in [-0.3, -0.25) is 19.8 Å². The fourth-order valence-electron chi connectivity index (χ4n) is 2.44. The Labute approximate surface area is 117 Å². The summed E-state index contributed by atoms with van der Waals surface area (Å²) < 4.78 is 4.85. The number of hydrogen-bond donors (Lipinski definition) is 1. The number of carbonyl (C=O) groups excluding carboxylic acids is 1. The monoisotopic (exact) mass is 281 g/mol. The van der Waals surface area contributed by atoms with Gasteiger partial charge in [-0.1, -0.05) is 6.42 Å². The first-order chi connectivity index (χ1) is 9.58. The quantitative estimate of drug-likeness (QED) is 0.656. The number of likely N-dealkylation sites (tertiary alicyclic amines) is 1. The molecule has 1 atom stereocenters. The third-order valence-electron chi connectivity index (χ3n) is 3.62. The summed E-state index contributed by atoms with van der Waals surface area (Å²) in [4.78, 5) is 23.9. The van der Waals surface area contributed by atoms with Gasteiger partial charge in [0.05, 0.1) is 6.07 Å². The maximum atomic E-state index is 11.8. The van der Waals surface area contributed by atoms with Crippen LogP contribution in [0.15, 0.2) is 16.5 Å². The predicted molar refractivity (Wildman–Crippen MR) is 72.6 cm³/mol. The third-order valence-corrected chi connectivity index (χ3v) is 3.62. The molecule has 2 rings (SSSR count). The number of carbonyl (C=O) groups is 1. The molecule has 7 heteroatoms. The summed E-state index contributed by atoms with van der Waals surface area (Å²) in [6, 6.07) is 3.05. The zero-order valence-electron chi connectivity index (χ0n) is 11.5. The van der Waals surface area contributed by atoms with Crippen LogP contribution in [0, 0.1) is 10.1 Å². The zero-order valence-corrected chi connectivity index (χ0v) is 11.5. The Bertz CT molecular complexity index is 486. The molecule has 7 nitrogen and oxygen atoms in total. The Morgan fingerprint density at radius 2 is 2.35 bits per heavy atom. The number of hydrogen-bond acceptors (Lipinski definition) is 5. The maximum Gasteiger partial charge on any atom is 0.433 e. The molecule has 1 aliphatic heterocycles. The van der Waals surface area contributed by atoms with E-state index in [4.69, 9.17) is 4.42 Å². The van der Waals surface area contributed by atoms with E-state index in [2.05, 4.69) is 17.1 Å². The molecule has 1 amide bonds. The standard InChI is InChI=1S/C13H19N3O4/c1-10-4-2-3-8-15(10)9-7-14-13(17)11-5-6-12(20-11)16(18)19/h5-6,10H,2-4,7-9H2,1H3,(H,14,17). The van der Waals surface area contributed by atoms with Crippen molar-refractivity contribution in [1.29, 1.82) is 0 Å². The molecule has 1 fully saturated rings. The smallest absolute Gasteiger partial charge is 0.395 e. The van der Waals surface area contributed by atoms with E-state index < -0.39 is 16.7 Å². The summed E-state index contributed by atoms with van der Waals surface area (Å²) in [5, 5.41) is 13.2. The van der Waals surface area contributed by atoms with Crippen LogP contribution >= 0.6 is 0 Å². The lowest BCUT2D eigenvalue weighted by Gasteiger charge is -2.33. The van der Waals surface area contributed by atoms with Crippen molar-refractivity contribution in [3.63, 3.8) is 0 Å². The number of nitrogens with one attached hydrogen (secondary N) is 1. The van der Waals surface area contributed by atoms with Crippen LogP contribution in [0.3, 0.4) is 0 Å². The van der Waals surface area contributed by atoms with Crippen molar-refractivity contribution in [2.24, 2.45) is 0 Å². The Morgan fingerprint density at radius 1 is 1.55 bits per heavy atom. The lowest BCUT2D eigenvalue weighted by molar-refractivity contribution is -0.402. The number of piperidine rings is 1. The van der Waals surface area contributed by atoms with Crippen molar-refractivity contribution < 1.29 is 14.1 Å². The van der Waals surface area contributed by atoms with Gasteiger partial charge in [-0.05, 0) is 32.4 Å². The number of amides is 1. The highest BCUT2D eigenvalue weighted by Gasteiger charge is 2.19. The molecular weight excluding hydrogens is 262 g/mol. The molecule has 2 heterocycles. The van der Waals surface area contributed by atoms with E-state index >= 15 is 0 Å². The Kier molecular flexibility index (Phi) is 4.73. The number of furan rings is 1. The highest BCUT2D eigenvalue weighted by molar-refractivity contribution is 5.91. The molecular formula is C13H19N3O4. The van der Waals surface area contributed by atoms with Gasteiger partial charge in [-0.2, -0.15) is 0 Å². The van der Waals surface area contributed by atoms with Crippen molar-refractivity contribution >= 4 is 11.8 Å². The highest BCUT2D eigenvalue weighted by Crippen LogP contribution is 2.16. The van der Waals surface area contributed by atoms with E-state index in [1.54, 1.807) is 0 Å². The van der Waals surface area contributed by atoms with E-state index in [9.17, 15) is 14.9 Å². The van der Waals surface area contributed by atoms with E-state index in [0.717, 1.165) is 13.1 Å². The first kappa shape index (κ1) is 14.5. The van der Waals surface area contributed by atoms with Gasteiger partial charge in [0.2, 0.25) is 0 Å². The minimum atomic E-state index is -0.661. The summed E-state index contributed by atoms with van der Waals surface area (Å²) in [7, 11) is 0. The summed E-state index contributed by atoms with van der Waals surface area (Å²) in [5.41, 5.74) is 0. The molecule has 1 N–H and O–H groups in total. The Balaban J connectivity index is 1.78. The highest BCUT2D eigenvalue weighted by atomic mass is 16.6. The van der Waals surface area contributed by atoms with E-state index in [-0.39, 0.29) is 5.76 Å². The van der Waals surface area contributed by atoms with Crippen molar-refractivity contribution in [2.75, 3.05) is 19.6 Å². The van der Waals surface area contributed by atoms with Gasteiger partial charge in [-0.15, -0.1) is 0 Å². The van der Waals surface area contributed by atoms with Crippen molar-refractivity contribution in [2.45, 2.75) is 32.2 Å². The minimum absolute atomic E-state index is 0.0246. The van der Waals surface area contributed by atoms with Crippen molar-refractivity contribution in [3.05, 3.63) is 28.0 Å². The first-order valence-corrected chi connectivity index (χ1v) is 6.84. The average molecular weight is 281 g/mol. The molecule has 0 aromatic carbocycles. The van der Waals surface area contributed by atoms with Crippen LogP contribution in [0.2, 0.25) is 0 Å². The molecule has 0 saturated carbocycles. The predicted octanol–water partition coefficient (Wildman–Crippen LogP) is 1.79. The molecule has 0 spiro atoms. The SMILES string of the molecule is CC1CCCCN1CCNC(=O)c1ccc([N+](=O)[O-])o1. The van der Waals surface area contributed by atoms with Gasteiger partial charge in [0.25, 0.3) is 5.91 Å². The van der Waals surface area contributed by atoms with Gasteiger partial charge in [0.1, 0.15) is 4.92 Å². The molecule has 110 valence electrons. The second kappa shape index (κ2) is 6.51. The molecule has 20 heavy (non-hydrogen) atoms. The van der Waals surface area contributed by atoms with Gasteiger partial charge in [0, 0.05) is 19.1 Å². The van der Waals surface area contributed by atoms with Crippen LogP contribution in [0.1, 0.15) is 36.7 Å². The van der Waals surface area contributed by atoms with E-state index in [1.165, 1.54) is 31.4 Å². The van der Waals surface area contributed by atoms with E-state index in [1.807, 2.05) is 0 Å². The zero-order chi connectivity index (χ0) is 14.5. The summed E-state index contributed by atoms with van der Waals surface area (Å²) in [5.74, 6) is -0.856. The fraction of sp³-hybridized carbons (Fsp3) is 0.615. The average Bonchev–Trinajstić information content (AvgIpc) is 2.91. The second-order valence-electron chi connectivity index (χ2n) is 5.03. The Morgan fingerprint density at radius 3 is 3.00 bits per heavy atom. The van der Waals surface area contributed by atoms with Gasteiger partial charge in [0.15, 0.2) is 5.76 Å². The molecule has 1 aromatic heterocycles. The summed E-state index contributed by atoms with van der Waals surface area (Å²) >= 11 is 0. The number of nitrogens with zero attached hydrogens (tertiary/aromatic N) is 2. The largest absolute Gasteiger partial charge is 0.433 e. The fourth-order valence-corrected chi connectivity index (χ4v) is 2.44. The topological polar surface area (TPSA) is 88.6 Å². The van der Waals surface area contributed by atoms with Crippen molar-refractivity contribution in [3.8, 4) is 0 Å². The summed E-state index contributed by atoms with van der Waals surface area (Å²) in [6.45, 7) is 4.55. The van der Waals surface area contributed by atoms with Gasteiger partial charge >= 0.3 is 5.88 Å². The first-order valence-electron chi connectivity index (χ1n) is 6.84. The summed E-state index contributed by atoms with van der Waals surface area (Å²) in [6.07, 6.45) is 3.65. The van der Waals surface area contributed by atoms with Crippen LogP contribution in [0.25, 0.3) is 0 Å². The third kappa shape index (κ3) is 3.57. The maximum absolute atomic E-state index is 11.8. The van der Waals surface area contributed by atoms with Crippen LogP contribution in [0.4, 0.5) is 5.88 Å². The normalized spacial score (nSPS) is 19.8. The molecule has 1 unspecified atom stereocenters. The molecule has 0 aliphatic carbocycles. The molecule has 1 saturated heterocycles. The van der Waals surface area contributed by atoms with Crippen LogP contribution in [-0.4, -0.2) is 41.4 Å². The van der Waals surface area contributed by atoms with Crippen LogP contribution in [0.5, 0.6) is 0 Å². The van der Waals surface area contributed by atoms with Gasteiger partial charge < -0.3 is 9.73 Å². The molecule has 1 aliphatic rings. The lowest BCUT2D eigenvalue weighted by Crippen LogP contribution is -2.42. The van der Waals surface area contributed by atoms with Crippen molar-refractivity contribution in [1.82, 2.24) is 10.2 Å². The molecule has 1 aromatic rings. The number of rotatable bonds is 5. The van der Waals surface area contributed by atoms with E-state index in [0.29, 0.717) is 12.6 Å².